The standard InChI is InChI=1S/C24H23F3N4O2/c1-15-5-6-18(29-23(32)16-3-2-4-17(11-16)24(25,26)27)12-20(15)21-13-19(14-22(28)30-21)31-7-9-33-10-8-31/h2-6,11-14H,7-10H2,1H3,(H2,28,30)(H,29,32). The number of anilines is 3. The molecule has 3 N–H and O–H groups in total. The predicted octanol–water partition coefficient (Wildman–Crippen LogP) is 4.75. The molecule has 0 radical (unpaired) electrons. The summed E-state index contributed by atoms with van der Waals surface area (Å²) in [6, 6.07) is 13.3. The molecular formula is C24H23F3N4O2. The number of rotatable bonds is 4. The molecule has 2 heterocycles. The van der Waals surface area contributed by atoms with Crippen LogP contribution in [0.5, 0.6) is 0 Å². The van der Waals surface area contributed by atoms with E-state index in [0.717, 1.165) is 42.0 Å². The Labute approximate surface area is 189 Å². The molecule has 0 unspecified atom stereocenters. The third kappa shape index (κ3) is 5.25. The van der Waals surface area contributed by atoms with Gasteiger partial charge in [-0.1, -0.05) is 12.1 Å². The van der Waals surface area contributed by atoms with Gasteiger partial charge in [0.15, 0.2) is 0 Å². The highest BCUT2D eigenvalue weighted by Crippen LogP contribution is 2.31. The van der Waals surface area contributed by atoms with Crippen LogP contribution in [0.2, 0.25) is 0 Å². The molecule has 1 aliphatic rings. The fourth-order valence-electron chi connectivity index (χ4n) is 3.69. The average Bonchev–Trinajstić information content (AvgIpc) is 2.80. The summed E-state index contributed by atoms with van der Waals surface area (Å²) in [5.74, 6) is -0.266. The van der Waals surface area contributed by atoms with E-state index < -0.39 is 17.6 Å². The van der Waals surface area contributed by atoms with Gasteiger partial charge in [0.05, 0.1) is 24.5 Å². The lowest BCUT2D eigenvalue weighted by Gasteiger charge is -2.29. The van der Waals surface area contributed by atoms with Crippen LogP contribution in [-0.4, -0.2) is 37.2 Å². The Morgan fingerprint density at radius 1 is 1.09 bits per heavy atom. The smallest absolute Gasteiger partial charge is 0.384 e. The van der Waals surface area contributed by atoms with Crippen molar-refractivity contribution in [1.82, 2.24) is 4.98 Å². The monoisotopic (exact) mass is 456 g/mol. The number of aromatic nitrogens is 1. The largest absolute Gasteiger partial charge is 0.416 e. The van der Waals surface area contributed by atoms with E-state index in [4.69, 9.17) is 10.5 Å². The number of carbonyl (C=O) groups excluding carboxylic acids is 1. The van der Waals surface area contributed by atoms with Crippen molar-refractivity contribution < 1.29 is 22.7 Å². The van der Waals surface area contributed by atoms with Crippen molar-refractivity contribution in [3.63, 3.8) is 0 Å². The summed E-state index contributed by atoms with van der Waals surface area (Å²) in [5.41, 5.74) is 8.80. The Hall–Kier alpha value is -3.59. The van der Waals surface area contributed by atoms with E-state index in [-0.39, 0.29) is 5.56 Å². The maximum Gasteiger partial charge on any atom is 0.416 e. The van der Waals surface area contributed by atoms with E-state index in [1.54, 1.807) is 12.1 Å². The van der Waals surface area contributed by atoms with Gasteiger partial charge in [0, 0.05) is 41.7 Å². The minimum absolute atomic E-state index is 0.0800. The van der Waals surface area contributed by atoms with Crippen LogP contribution < -0.4 is 16.0 Å². The van der Waals surface area contributed by atoms with Gasteiger partial charge in [-0.15, -0.1) is 0 Å². The summed E-state index contributed by atoms with van der Waals surface area (Å²) in [6.45, 7) is 4.66. The van der Waals surface area contributed by atoms with Crippen molar-refractivity contribution in [2.45, 2.75) is 13.1 Å². The maximum absolute atomic E-state index is 13.0. The summed E-state index contributed by atoms with van der Waals surface area (Å²) < 4.78 is 44.4. The van der Waals surface area contributed by atoms with Gasteiger partial charge in [-0.25, -0.2) is 4.98 Å². The van der Waals surface area contributed by atoms with Crippen LogP contribution in [-0.2, 0) is 10.9 Å². The molecule has 0 atom stereocenters. The first kappa shape index (κ1) is 22.6. The molecule has 0 bridgehead atoms. The quantitative estimate of drug-likeness (QED) is 0.593. The molecule has 1 saturated heterocycles. The van der Waals surface area contributed by atoms with Crippen LogP contribution >= 0.6 is 0 Å². The van der Waals surface area contributed by atoms with E-state index >= 15 is 0 Å². The van der Waals surface area contributed by atoms with Crippen LogP contribution in [0.3, 0.4) is 0 Å². The van der Waals surface area contributed by atoms with Crippen molar-refractivity contribution >= 4 is 23.1 Å². The first-order chi connectivity index (χ1) is 15.7. The minimum Gasteiger partial charge on any atom is -0.384 e. The van der Waals surface area contributed by atoms with Gasteiger partial charge in [0.2, 0.25) is 0 Å². The second-order valence-electron chi connectivity index (χ2n) is 7.80. The number of halogens is 3. The number of amides is 1. The Morgan fingerprint density at radius 3 is 2.58 bits per heavy atom. The first-order valence-electron chi connectivity index (χ1n) is 10.4. The third-order valence-corrected chi connectivity index (χ3v) is 5.43. The van der Waals surface area contributed by atoms with Crippen molar-refractivity contribution in [1.29, 1.82) is 0 Å². The van der Waals surface area contributed by atoms with Crippen molar-refractivity contribution in [3.05, 3.63) is 71.3 Å². The lowest BCUT2D eigenvalue weighted by Crippen LogP contribution is -2.36. The molecule has 6 nitrogen and oxygen atoms in total. The highest BCUT2D eigenvalue weighted by atomic mass is 19.4. The van der Waals surface area contributed by atoms with Crippen LogP contribution in [0.4, 0.5) is 30.4 Å². The van der Waals surface area contributed by atoms with Crippen LogP contribution in [0.1, 0.15) is 21.5 Å². The molecule has 1 amide bonds. The number of pyridine rings is 1. The normalized spacial score (nSPS) is 14.2. The zero-order valence-electron chi connectivity index (χ0n) is 17.9. The van der Waals surface area contributed by atoms with Crippen molar-refractivity contribution in [3.8, 4) is 11.3 Å². The van der Waals surface area contributed by atoms with Crippen LogP contribution in [0.25, 0.3) is 11.3 Å². The van der Waals surface area contributed by atoms with Gasteiger partial charge >= 0.3 is 6.18 Å². The minimum atomic E-state index is -4.52. The van der Waals surface area contributed by atoms with Gasteiger partial charge in [0.1, 0.15) is 5.82 Å². The van der Waals surface area contributed by atoms with E-state index in [0.29, 0.717) is 30.4 Å². The summed E-state index contributed by atoms with van der Waals surface area (Å²) in [5, 5.41) is 2.67. The highest BCUT2D eigenvalue weighted by Gasteiger charge is 2.31. The summed E-state index contributed by atoms with van der Waals surface area (Å²) in [7, 11) is 0. The number of morpholine rings is 1. The number of nitrogens with zero attached hydrogens (tertiary/aromatic N) is 2. The number of aryl methyl sites for hydroxylation is 1. The molecule has 1 fully saturated rings. The van der Waals surface area contributed by atoms with Crippen LogP contribution in [0.15, 0.2) is 54.6 Å². The van der Waals surface area contributed by atoms with Crippen molar-refractivity contribution in [2.24, 2.45) is 0 Å². The van der Waals surface area contributed by atoms with Gasteiger partial charge in [-0.3, -0.25) is 4.79 Å². The molecule has 0 aliphatic carbocycles. The maximum atomic E-state index is 13.0. The lowest BCUT2D eigenvalue weighted by atomic mass is 10.0. The van der Waals surface area contributed by atoms with Gasteiger partial charge in [-0.05, 0) is 48.9 Å². The second-order valence-corrected chi connectivity index (χ2v) is 7.80. The highest BCUT2D eigenvalue weighted by molar-refractivity contribution is 6.04. The van der Waals surface area contributed by atoms with E-state index in [1.807, 2.05) is 25.1 Å². The molecule has 172 valence electrons. The van der Waals surface area contributed by atoms with E-state index in [9.17, 15) is 18.0 Å². The number of alkyl halides is 3. The molecule has 0 saturated carbocycles. The Morgan fingerprint density at radius 2 is 1.85 bits per heavy atom. The average molecular weight is 456 g/mol. The van der Waals surface area contributed by atoms with Crippen molar-refractivity contribution in [2.75, 3.05) is 42.3 Å². The SMILES string of the molecule is Cc1ccc(NC(=O)c2cccc(C(F)(F)F)c2)cc1-c1cc(N2CCOCC2)cc(N)n1. The first-order valence-corrected chi connectivity index (χ1v) is 10.4. The number of nitrogen functional groups attached to an aromatic ring is 1. The van der Waals surface area contributed by atoms with E-state index in [1.165, 1.54) is 12.1 Å². The zero-order chi connectivity index (χ0) is 23.6. The molecule has 1 aliphatic heterocycles. The van der Waals surface area contributed by atoms with E-state index in [2.05, 4.69) is 15.2 Å². The molecule has 3 aromatic rings. The topological polar surface area (TPSA) is 80.5 Å². The Kier molecular flexibility index (Phi) is 6.24. The number of carbonyl (C=O) groups is 1. The molecule has 33 heavy (non-hydrogen) atoms. The number of benzene rings is 2. The summed E-state index contributed by atoms with van der Waals surface area (Å²) in [4.78, 5) is 19.2. The van der Waals surface area contributed by atoms with Gasteiger partial charge in [0.25, 0.3) is 5.91 Å². The second kappa shape index (κ2) is 9.11. The van der Waals surface area contributed by atoms with Gasteiger partial charge in [-0.2, -0.15) is 13.2 Å². The Bertz CT molecular complexity index is 1170. The predicted molar refractivity (Wildman–Crippen MR) is 121 cm³/mol. The molecule has 1 aromatic heterocycles. The number of hydrogen-bond donors (Lipinski definition) is 2. The summed E-state index contributed by atoms with van der Waals surface area (Å²) in [6.07, 6.45) is -4.52. The fraction of sp³-hybridized carbons (Fsp3) is 0.250. The zero-order valence-corrected chi connectivity index (χ0v) is 17.9. The number of nitrogens with one attached hydrogen (secondary N) is 1. The number of ether oxygens (including phenoxy) is 1. The molecular weight excluding hydrogens is 433 g/mol. The lowest BCUT2D eigenvalue weighted by molar-refractivity contribution is -0.137. The van der Waals surface area contributed by atoms with Gasteiger partial charge < -0.3 is 20.7 Å². The number of hydrogen-bond acceptors (Lipinski definition) is 5. The fourth-order valence-corrected chi connectivity index (χ4v) is 3.69. The Balaban J connectivity index is 1.61. The molecule has 4 rings (SSSR count). The molecule has 0 spiro atoms. The number of nitrogens with two attached hydrogens (primary N) is 1. The molecule has 2 aromatic carbocycles. The molecule has 9 heteroatoms. The van der Waals surface area contributed by atoms with Crippen LogP contribution in [0, 0.1) is 6.92 Å². The third-order valence-electron chi connectivity index (χ3n) is 5.43. The summed E-state index contributed by atoms with van der Waals surface area (Å²) >= 11 is 0.